The van der Waals surface area contributed by atoms with Crippen molar-refractivity contribution in [3.63, 3.8) is 0 Å². The molecule has 0 heterocycles. The maximum Gasteiger partial charge on any atom is 0.306 e. The summed E-state index contributed by atoms with van der Waals surface area (Å²) in [6.45, 7) is 6.65. The second-order valence-electron chi connectivity index (χ2n) is 17.8. The molecule has 0 rings (SSSR count). The Morgan fingerprint density at radius 1 is 0.322 bits per heavy atom. The van der Waals surface area contributed by atoms with Crippen LogP contribution in [0.3, 0.4) is 0 Å². The van der Waals surface area contributed by atoms with Crippen molar-refractivity contribution in [1.82, 2.24) is 0 Å². The smallest absolute Gasteiger partial charge is 0.306 e. The number of ether oxygens (including phenoxy) is 3. The minimum absolute atomic E-state index is 0.0660. The van der Waals surface area contributed by atoms with E-state index in [1.165, 1.54) is 193 Å². The second-order valence-corrected chi connectivity index (χ2v) is 17.8. The predicted octanol–water partition coefficient (Wildman–Crippen LogP) is 17.0. The van der Waals surface area contributed by atoms with Crippen LogP contribution in [0.1, 0.15) is 290 Å². The van der Waals surface area contributed by atoms with E-state index >= 15 is 0 Å². The first-order chi connectivity index (χ1) is 29.0. The molecule has 0 saturated carbocycles. The number of carbonyl (C=O) groups excluding carboxylic acids is 3. The van der Waals surface area contributed by atoms with Gasteiger partial charge in [-0.05, 0) is 44.9 Å². The summed E-state index contributed by atoms with van der Waals surface area (Å²) in [7, 11) is 0. The summed E-state index contributed by atoms with van der Waals surface area (Å²) in [6.07, 6.45) is 53.3. The Labute approximate surface area is 367 Å². The third-order valence-corrected chi connectivity index (χ3v) is 11.8. The second kappa shape index (κ2) is 48.8. The zero-order valence-electron chi connectivity index (χ0n) is 39.8. The molecule has 0 aliphatic rings. The van der Waals surface area contributed by atoms with E-state index in [0.29, 0.717) is 19.3 Å². The summed E-state index contributed by atoms with van der Waals surface area (Å²) in [4.78, 5) is 37.9. The highest BCUT2D eigenvalue weighted by Crippen LogP contribution is 2.16. The number of carbonyl (C=O) groups is 3. The largest absolute Gasteiger partial charge is 0.462 e. The number of hydrogen-bond donors (Lipinski definition) is 0. The van der Waals surface area contributed by atoms with Gasteiger partial charge >= 0.3 is 17.9 Å². The zero-order chi connectivity index (χ0) is 43.0. The summed E-state index contributed by atoms with van der Waals surface area (Å²) in [5, 5.41) is 0. The van der Waals surface area contributed by atoms with E-state index in [2.05, 4.69) is 32.9 Å². The van der Waals surface area contributed by atoms with Gasteiger partial charge in [-0.3, -0.25) is 14.4 Å². The molecule has 0 aromatic rings. The summed E-state index contributed by atoms with van der Waals surface area (Å²) < 4.78 is 16.8. The highest BCUT2D eigenvalue weighted by Gasteiger charge is 2.19. The lowest BCUT2D eigenvalue weighted by Crippen LogP contribution is -2.30. The minimum Gasteiger partial charge on any atom is -0.462 e. The Kier molecular flexibility index (Phi) is 47.3. The SMILES string of the molecule is CCCCCC/C=C/CCCCCCCCCC(=O)OC[C@@H](COC(=O)CCCCCCCCCCCCC)OC(=O)CCCCCCCCCCCCCCCCC. The molecule has 0 aliphatic carbocycles. The van der Waals surface area contributed by atoms with Gasteiger partial charge in [-0.15, -0.1) is 0 Å². The van der Waals surface area contributed by atoms with Gasteiger partial charge < -0.3 is 14.2 Å². The van der Waals surface area contributed by atoms with Crippen LogP contribution in [0.15, 0.2) is 12.2 Å². The van der Waals surface area contributed by atoms with Crippen LogP contribution in [0.5, 0.6) is 0 Å². The van der Waals surface area contributed by atoms with Crippen molar-refractivity contribution in [3.8, 4) is 0 Å². The molecule has 0 unspecified atom stereocenters. The molecule has 0 saturated heterocycles. The standard InChI is InChI=1S/C53H100O6/c1-4-7-10-13-16-19-22-24-26-28-31-34-37-40-43-46-52(55)58-49-50(48-57-51(54)45-42-39-36-33-30-21-18-15-12-9-6-3)59-53(56)47-44-41-38-35-32-29-27-25-23-20-17-14-11-8-5-2/h19,22,50H,4-18,20-21,23-49H2,1-3H3/b22-19+/t50-/m1/s1. The van der Waals surface area contributed by atoms with Gasteiger partial charge in [0.1, 0.15) is 13.2 Å². The van der Waals surface area contributed by atoms with E-state index in [-0.39, 0.29) is 31.1 Å². The van der Waals surface area contributed by atoms with E-state index in [4.69, 9.17) is 14.2 Å². The van der Waals surface area contributed by atoms with Crippen LogP contribution in [0.25, 0.3) is 0 Å². The fraction of sp³-hybridized carbons (Fsp3) is 0.906. The summed E-state index contributed by atoms with van der Waals surface area (Å²) in [5.74, 6) is -0.854. The Balaban J connectivity index is 4.32. The van der Waals surface area contributed by atoms with Gasteiger partial charge in [0.2, 0.25) is 0 Å². The van der Waals surface area contributed by atoms with Crippen LogP contribution >= 0.6 is 0 Å². The molecule has 0 aromatic carbocycles. The average molecular weight is 833 g/mol. The molecule has 0 fully saturated rings. The predicted molar refractivity (Wildman–Crippen MR) is 252 cm³/mol. The first kappa shape index (κ1) is 57.1. The monoisotopic (exact) mass is 833 g/mol. The first-order valence-electron chi connectivity index (χ1n) is 26.2. The molecule has 0 N–H and O–H groups in total. The van der Waals surface area contributed by atoms with Crippen LogP contribution in [0, 0.1) is 0 Å². The van der Waals surface area contributed by atoms with Crippen LogP contribution in [-0.4, -0.2) is 37.2 Å². The van der Waals surface area contributed by atoms with E-state index in [1.807, 2.05) is 0 Å². The molecule has 0 spiro atoms. The molecule has 0 radical (unpaired) electrons. The molecule has 0 amide bonds. The van der Waals surface area contributed by atoms with E-state index < -0.39 is 6.10 Å². The van der Waals surface area contributed by atoms with Gasteiger partial charge in [-0.25, -0.2) is 0 Å². The fourth-order valence-corrected chi connectivity index (χ4v) is 7.79. The molecular formula is C53H100O6. The van der Waals surface area contributed by atoms with Gasteiger partial charge in [0.25, 0.3) is 0 Å². The minimum atomic E-state index is -0.764. The Morgan fingerprint density at radius 2 is 0.559 bits per heavy atom. The average Bonchev–Trinajstić information content (AvgIpc) is 3.23. The lowest BCUT2D eigenvalue weighted by molar-refractivity contribution is -0.167. The molecule has 348 valence electrons. The topological polar surface area (TPSA) is 78.9 Å². The number of allylic oxidation sites excluding steroid dienone is 2. The molecule has 1 atom stereocenters. The van der Waals surface area contributed by atoms with Gasteiger partial charge in [0, 0.05) is 19.3 Å². The summed E-state index contributed by atoms with van der Waals surface area (Å²) in [5.41, 5.74) is 0. The highest BCUT2D eigenvalue weighted by molar-refractivity contribution is 5.71. The normalized spacial score (nSPS) is 12.0. The molecule has 59 heavy (non-hydrogen) atoms. The van der Waals surface area contributed by atoms with E-state index in [0.717, 1.165) is 57.8 Å². The number of rotatable bonds is 48. The van der Waals surface area contributed by atoms with E-state index in [1.54, 1.807) is 0 Å². The lowest BCUT2D eigenvalue weighted by atomic mass is 10.0. The van der Waals surface area contributed by atoms with Crippen molar-refractivity contribution in [2.75, 3.05) is 13.2 Å². The third-order valence-electron chi connectivity index (χ3n) is 11.8. The lowest BCUT2D eigenvalue weighted by Gasteiger charge is -2.18. The molecular weight excluding hydrogens is 733 g/mol. The van der Waals surface area contributed by atoms with Crippen molar-refractivity contribution in [2.24, 2.45) is 0 Å². The molecule has 0 aliphatic heterocycles. The molecule has 6 nitrogen and oxygen atoms in total. The number of hydrogen-bond acceptors (Lipinski definition) is 6. The van der Waals surface area contributed by atoms with Gasteiger partial charge in [-0.2, -0.15) is 0 Å². The van der Waals surface area contributed by atoms with Crippen molar-refractivity contribution >= 4 is 17.9 Å². The van der Waals surface area contributed by atoms with Crippen molar-refractivity contribution in [1.29, 1.82) is 0 Å². The Morgan fingerprint density at radius 3 is 0.864 bits per heavy atom. The van der Waals surface area contributed by atoms with Crippen molar-refractivity contribution in [2.45, 2.75) is 297 Å². The number of esters is 3. The van der Waals surface area contributed by atoms with Crippen LogP contribution < -0.4 is 0 Å². The fourth-order valence-electron chi connectivity index (χ4n) is 7.79. The van der Waals surface area contributed by atoms with Crippen LogP contribution in [0.2, 0.25) is 0 Å². The number of unbranched alkanes of at least 4 members (excludes halogenated alkanes) is 35. The van der Waals surface area contributed by atoms with Crippen molar-refractivity contribution in [3.05, 3.63) is 12.2 Å². The Bertz CT molecular complexity index is 916. The van der Waals surface area contributed by atoms with Crippen LogP contribution in [-0.2, 0) is 28.6 Å². The van der Waals surface area contributed by atoms with Gasteiger partial charge in [0.05, 0.1) is 0 Å². The van der Waals surface area contributed by atoms with Gasteiger partial charge in [0.15, 0.2) is 6.10 Å². The maximum atomic E-state index is 12.8. The third kappa shape index (κ3) is 47.1. The first-order valence-corrected chi connectivity index (χ1v) is 26.2. The summed E-state index contributed by atoms with van der Waals surface area (Å²) >= 11 is 0. The summed E-state index contributed by atoms with van der Waals surface area (Å²) in [6, 6.07) is 0. The quantitative estimate of drug-likeness (QED) is 0.0263. The van der Waals surface area contributed by atoms with Crippen molar-refractivity contribution < 1.29 is 28.6 Å². The molecule has 6 heteroatoms. The maximum absolute atomic E-state index is 12.8. The van der Waals surface area contributed by atoms with Gasteiger partial charge in [-0.1, -0.05) is 238 Å². The molecule has 0 bridgehead atoms. The Hall–Kier alpha value is -1.85. The molecule has 0 aromatic heterocycles. The zero-order valence-corrected chi connectivity index (χ0v) is 39.8. The highest BCUT2D eigenvalue weighted by atomic mass is 16.6. The van der Waals surface area contributed by atoms with Crippen LogP contribution in [0.4, 0.5) is 0 Å². The van der Waals surface area contributed by atoms with E-state index in [9.17, 15) is 14.4 Å².